The van der Waals surface area contributed by atoms with E-state index in [1.165, 1.54) is 0 Å². The van der Waals surface area contributed by atoms with Crippen molar-refractivity contribution in [3.8, 4) is 11.5 Å². The molecule has 1 aromatic heterocycles. The van der Waals surface area contributed by atoms with Gasteiger partial charge < -0.3 is 18.9 Å². The molecule has 22 heavy (non-hydrogen) atoms. The minimum Gasteiger partial charge on any atom is -0.486 e. The number of carbonyl (C=O) groups is 1. The van der Waals surface area contributed by atoms with Crippen LogP contribution in [0, 0.1) is 0 Å². The lowest BCUT2D eigenvalue weighted by Crippen LogP contribution is -2.44. The van der Waals surface area contributed by atoms with Gasteiger partial charge in [-0.05, 0) is 31.2 Å². The zero-order valence-corrected chi connectivity index (χ0v) is 12.9. The van der Waals surface area contributed by atoms with Crippen LogP contribution in [0.25, 0.3) is 0 Å². The molecule has 3 rings (SSSR count). The van der Waals surface area contributed by atoms with Gasteiger partial charge in [0, 0.05) is 19.8 Å². The van der Waals surface area contributed by atoms with Crippen molar-refractivity contribution in [2.45, 2.75) is 13.0 Å². The Bertz CT molecular complexity index is 665. The number of para-hydroxylation sites is 2. The molecule has 1 unspecified atom stereocenters. The zero-order valence-electron chi connectivity index (χ0n) is 12.9. The predicted molar refractivity (Wildman–Crippen MR) is 83.3 cm³/mol. The first-order valence-corrected chi connectivity index (χ1v) is 7.48. The molecule has 1 aliphatic heterocycles. The van der Waals surface area contributed by atoms with E-state index < -0.39 is 0 Å². The van der Waals surface area contributed by atoms with Crippen LogP contribution in [-0.4, -0.2) is 41.2 Å². The van der Waals surface area contributed by atoms with Gasteiger partial charge in [0.1, 0.15) is 12.3 Å². The number of hydrogen-bond donors (Lipinski definition) is 0. The summed E-state index contributed by atoms with van der Waals surface area (Å²) in [5.41, 5.74) is 0.680. The summed E-state index contributed by atoms with van der Waals surface area (Å²) in [6.07, 6.45) is 1.72. The zero-order chi connectivity index (χ0) is 15.5. The number of nitrogens with zero attached hydrogens (tertiary/aromatic N) is 2. The van der Waals surface area contributed by atoms with E-state index in [0.717, 1.165) is 11.5 Å². The molecule has 1 atom stereocenters. The maximum Gasteiger partial charge on any atom is 0.270 e. The summed E-state index contributed by atoms with van der Waals surface area (Å²) < 4.78 is 13.5. The van der Waals surface area contributed by atoms with Crippen LogP contribution in [-0.2, 0) is 7.05 Å². The lowest BCUT2D eigenvalue weighted by molar-refractivity contribution is 0.0469. The first kappa shape index (κ1) is 14.5. The average molecular weight is 300 g/mol. The number of ether oxygens (including phenoxy) is 2. The summed E-state index contributed by atoms with van der Waals surface area (Å²) in [5, 5.41) is 0. The maximum absolute atomic E-state index is 12.6. The number of aromatic nitrogens is 1. The highest BCUT2D eigenvalue weighted by molar-refractivity contribution is 5.92. The van der Waals surface area contributed by atoms with Crippen LogP contribution < -0.4 is 9.47 Å². The molecule has 1 amide bonds. The molecule has 2 heterocycles. The van der Waals surface area contributed by atoms with Gasteiger partial charge in [0.05, 0.1) is 6.54 Å². The van der Waals surface area contributed by atoms with Crippen molar-refractivity contribution in [1.82, 2.24) is 9.47 Å². The van der Waals surface area contributed by atoms with Gasteiger partial charge in [0.25, 0.3) is 5.91 Å². The van der Waals surface area contributed by atoms with Crippen molar-refractivity contribution >= 4 is 5.91 Å². The fourth-order valence-electron chi connectivity index (χ4n) is 2.60. The van der Waals surface area contributed by atoms with Crippen molar-refractivity contribution in [1.29, 1.82) is 0 Å². The van der Waals surface area contributed by atoms with Crippen molar-refractivity contribution in [2.24, 2.45) is 7.05 Å². The van der Waals surface area contributed by atoms with E-state index in [-0.39, 0.29) is 12.0 Å². The molecule has 1 aliphatic rings. The van der Waals surface area contributed by atoms with Crippen molar-refractivity contribution in [2.75, 3.05) is 19.7 Å². The number of aryl methyl sites for hydroxylation is 1. The van der Waals surface area contributed by atoms with Gasteiger partial charge in [-0.3, -0.25) is 4.79 Å². The molecule has 116 valence electrons. The summed E-state index contributed by atoms with van der Waals surface area (Å²) >= 11 is 0. The van der Waals surface area contributed by atoms with Gasteiger partial charge >= 0.3 is 0 Å². The third kappa shape index (κ3) is 2.79. The molecule has 0 radical (unpaired) electrons. The normalized spacial score (nSPS) is 16.4. The highest BCUT2D eigenvalue weighted by Gasteiger charge is 2.25. The number of rotatable bonds is 4. The molecule has 5 nitrogen and oxygen atoms in total. The molecular formula is C17H20N2O3. The number of benzene rings is 1. The van der Waals surface area contributed by atoms with Gasteiger partial charge in [-0.15, -0.1) is 0 Å². The second-order valence-electron chi connectivity index (χ2n) is 5.35. The monoisotopic (exact) mass is 300 g/mol. The molecule has 0 saturated carbocycles. The second-order valence-corrected chi connectivity index (χ2v) is 5.35. The number of hydrogen-bond acceptors (Lipinski definition) is 3. The van der Waals surface area contributed by atoms with Crippen molar-refractivity contribution in [3.63, 3.8) is 0 Å². The Morgan fingerprint density at radius 3 is 2.73 bits per heavy atom. The van der Waals surface area contributed by atoms with Crippen LogP contribution in [0.5, 0.6) is 11.5 Å². The quantitative estimate of drug-likeness (QED) is 0.870. The minimum absolute atomic E-state index is 0.0115. The molecule has 0 bridgehead atoms. The smallest absolute Gasteiger partial charge is 0.270 e. The van der Waals surface area contributed by atoms with E-state index in [0.29, 0.717) is 25.4 Å². The van der Waals surface area contributed by atoms with E-state index in [2.05, 4.69) is 0 Å². The summed E-state index contributed by atoms with van der Waals surface area (Å²) in [5.74, 6) is 1.51. The van der Waals surface area contributed by atoms with Gasteiger partial charge in [-0.2, -0.15) is 0 Å². The second kappa shape index (κ2) is 6.13. The van der Waals surface area contributed by atoms with E-state index in [1.54, 1.807) is 4.90 Å². The third-order valence-corrected chi connectivity index (χ3v) is 3.82. The van der Waals surface area contributed by atoms with Crippen LogP contribution in [0.1, 0.15) is 17.4 Å². The van der Waals surface area contributed by atoms with Crippen LogP contribution in [0.2, 0.25) is 0 Å². The molecule has 0 aliphatic carbocycles. The van der Waals surface area contributed by atoms with Crippen LogP contribution >= 0.6 is 0 Å². The summed E-state index contributed by atoms with van der Waals surface area (Å²) in [6, 6.07) is 11.3. The topological polar surface area (TPSA) is 43.7 Å². The molecule has 0 saturated heterocycles. The first-order chi connectivity index (χ1) is 10.7. The molecule has 5 heteroatoms. The van der Waals surface area contributed by atoms with E-state index in [4.69, 9.17) is 9.47 Å². The Kier molecular flexibility index (Phi) is 4.04. The fourth-order valence-corrected chi connectivity index (χ4v) is 2.60. The fraction of sp³-hybridized carbons (Fsp3) is 0.353. The largest absolute Gasteiger partial charge is 0.486 e. The minimum atomic E-state index is -0.154. The van der Waals surface area contributed by atoms with Crippen molar-refractivity contribution < 1.29 is 14.3 Å². The Morgan fingerprint density at radius 1 is 1.27 bits per heavy atom. The van der Waals surface area contributed by atoms with E-state index >= 15 is 0 Å². The standard InChI is InChI=1S/C17H20N2O3/c1-3-19(17(20)14-7-6-10-18(14)2)11-13-12-21-15-8-4-5-9-16(15)22-13/h4-10,13H,3,11-12H2,1-2H3. The molecule has 0 fully saturated rings. The highest BCUT2D eigenvalue weighted by atomic mass is 16.6. The van der Waals surface area contributed by atoms with Crippen LogP contribution in [0.4, 0.5) is 0 Å². The Labute approximate surface area is 130 Å². The maximum atomic E-state index is 12.6. The molecule has 0 spiro atoms. The molecule has 1 aromatic carbocycles. The highest BCUT2D eigenvalue weighted by Crippen LogP contribution is 2.31. The third-order valence-electron chi connectivity index (χ3n) is 3.82. The van der Waals surface area contributed by atoms with Gasteiger partial charge in [0.15, 0.2) is 17.6 Å². The molecule has 0 N–H and O–H groups in total. The van der Waals surface area contributed by atoms with Gasteiger partial charge in [-0.25, -0.2) is 0 Å². The molecular weight excluding hydrogens is 280 g/mol. The van der Waals surface area contributed by atoms with Gasteiger partial charge in [0.2, 0.25) is 0 Å². The van der Waals surface area contributed by atoms with Crippen LogP contribution in [0.3, 0.4) is 0 Å². The summed E-state index contributed by atoms with van der Waals surface area (Å²) in [7, 11) is 1.87. The van der Waals surface area contributed by atoms with E-state index in [9.17, 15) is 4.79 Å². The SMILES string of the molecule is CCN(CC1COc2ccccc2O1)C(=O)c1cccn1C. The Morgan fingerprint density at radius 2 is 2.05 bits per heavy atom. The number of amides is 1. The number of carbonyl (C=O) groups excluding carboxylic acids is 1. The lowest BCUT2D eigenvalue weighted by Gasteiger charge is -2.31. The van der Waals surface area contributed by atoms with Gasteiger partial charge in [-0.1, -0.05) is 12.1 Å². The Balaban J connectivity index is 1.69. The van der Waals surface area contributed by atoms with E-state index in [1.807, 2.05) is 61.1 Å². The summed E-state index contributed by atoms with van der Waals surface area (Å²) in [4.78, 5) is 14.4. The number of fused-ring (bicyclic) bond motifs is 1. The number of likely N-dealkylation sites (N-methyl/N-ethyl adjacent to an activating group) is 1. The molecule has 2 aromatic rings. The van der Waals surface area contributed by atoms with Crippen molar-refractivity contribution in [3.05, 3.63) is 48.3 Å². The Hall–Kier alpha value is -2.43. The predicted octanol–water partition coefficient (Wildman–Crippen LogP) is 2.33. The lowest BCUT2D eigenvalue weighted by atomic mass is 10.2. The average Bonchev–Trinajstić information content (AvgIpc) is 2.98. The van der Waals surface area contributed by atoms with Crippen LogP contribution in [0.15, 0.2) is 42.6 Å². The summed E-state index contributed by atoms with van der Waals surface area (Å²) in [6.45, 7) is 3.56. The first-order valence-electron chi connectivity index (χ1n) is 7.48.